The molecule has 0 aliphatic carbocycles. The van der Waals surface area contributed by atoms with Crippen LogP contribution in [0.4, 0.5) is 0 Å². The Hall–Kier alpha value is -1.10. The van der Waals surface area contributed by atoms with Crippen LogP contribution in [0.15, 0.2) is 0 Å². The van der Waals surface area contributed by atoms with Crippen LogP contribution < -0.4 is 5.32 Å². The van der Waals surface area contributed by atoms with E-state index in [4.69, 9.17) is 0 Å². The van der Waals surface area contributed by atoms with Gasteiger partial charge >= 0.3 is 0 Å². The minimum absolute atomic E-state index is 0.0433. The van der Waals surface area contributed by atoms with E-state index in [1.165, 1.54) is 6.92 Å². The number of carbonyl (C=O) groups is 2. The van der Waals surface area contributed by atoms with E-state index in [1.54, 1.807) is 4.90 Å². The summed E-state index contributed by atoms with van der Waals surface area (Å²) in [6.45, 7) is 7.82. The summed E-state index contributed by atoms with van der Waals surface area (Å²) in [4.78, 5) is 24.8. The molecule has 0 aromatic rings. The molecule has 0 saturated carbocycles. The monoisotopic (exact) mass is 242 g/mol. The summed E-state index contributed by atoms with van der Waals surface area (Å²) in [5.41, 5.74) is -0.729. The van der Waals surface area contributed by atoms with Crippen LogP contribution in [-0.2, 0) is 9.59 Å². The lowest BCUT2D eigenvalue weighted by atomic mass is 9.89. The van der Waals surface area contributed by atoms with Crippen molar-refractivity contribution in [2.75, 3.05) is 13.1 Å². The third-order valence-electron chi connectivity index (χ3n) is 3.23. The van der Waals surface area contributed by atoms with Crippen molar-refractivity contribution in [1.29, 1.82) is 0 Å². The molecule has 2 N–H and O–H groups in total. The molecule has 5 nitrogen and oxygen atoms in total. The Morgan fingerprint density at radius 2 is 1.94 bits per heavy atom. The van der Waals surface area contributed by atoms with Gasteiger partial charge in [0.1, 0.15) is 6.04 Å². The molecule has 0 radical (unpaired) electrons. The summed E-state index contributed by atoms with van der Waals surface area (Å²) >= 11 is 0. The van der Waals surface area contributed by atoms with Crippen molar-refractivity contribution in [3.05, 3.63) is 0 Å². The van der Waals surface area contributed by atoms with Crippen LogP contribution in [0, 0.1) is 5.92 Å². The van der Waals surface area contributed by atoms with Gasteiger partial charge in [-0.05, 0) is 12.3 Å². The number of carbonyl (C=O) groups excluding carboxylic acids is 2. The van der Waals surface area contributed by atoms with Gasteiger partial charge in [-0.25, -0.2) is 0 Å². The average molecular weight is 242 g/mol. The number of nitrogens with zero attached hydrogens (tertiary/aromatic N) is 1. The van der Waals surface area contributed by atoms with Gasteiger partial charge in [0, 0.05) is 6.92 Å². The lowest BCUT2D eigenvalue weighted by Crippen LogP contribution is -2.66. The highest BCUT2D eigenvalue weighted by atomic mass is 16.3. The largest absolute Gasteiger partial charge is 0.386 e. The third kappa shape index (κ3) is 3.19. The van der Waals surface area contributed by atoms with Crippen LogP contribution in [-0.4, -0.2) is 46.6 Å². The summed E-state index contributed by atoms with van der Waals surface area (Å²) in [6, 6.07) is -0.492. The molecule has 1 saturated heterocycles. The first kappa shape index (κ1) is 14.0. The van der Waals surface area contributed by atoms with Gasteiger partial charge < -0.3 is 15.3 Å². The quantitative estimate of drug-likeness (QED) is 0.736. The minimum atomic E-state index is -0.729. The molecule has 0 aromatic carbocycles. The lowest BCUT2D eigenvalue weighted by Gasteiger charge is -2.47. The highest BCUT2D eigenvalue weighted by molar-refractivity contribution is 5.87. The van der Waals surface area contributed by atoms with Crippen LogP contribution in [0.3, 0.4) is 0 Å². The van der Waals surface area contributed by atoms with Crippen molar-refractivity contribution in [3.63, 3.8) is 0 Å². The molecule has 1 unspecified atom stereocenters. The van der Waals surface area contributed by atoms with E-state index in [1.807, 2.05) is 20.8 Å². The number of rotatable bonds is 4. The predicted octanol–water partition coefficient (Wildman–Crippen LogP) is 0.130. The van der Waals surface area contributed by atoms with Gasteiger partial charge in [0.15, 0.2) is 0 Å². The molecule has 5 heteroatoms. The minimum Gasteiger partial charge on any atom is -0.386 e. The van der Waals surface area contributed by atoms with Crippen molar-refractivity contribution < 1.29 is 14.7 Å². The summed E-state index contributed by atoms with van der Waals surface area (Å²) in [7, 11) is 0. The Morgan fingerprint density at radius 1 is 1.41 bits per heavy atom. The molecule has 1 rings (SSSR count). The third-order valence-corrected chi connectivity index (χ3v) is 3.23. The molecule has 0 bridgehead atoms. The van der Waals surface area contributed by atoms with Crippen molar-refractivity contribution in [2.45, 2.75) is 45.8 Å². The van der Waals surface area contributed by atoms with E-state index < -0.39 is 11.6 Å². The molecule has 1 atom stereocenters. The van der Waals surface area contributed by atoms with Gasteiger partial charge in [-0.3, -0.25) is 9.59 Å². The van der Waals surface area contributed by atoms with Crippen molar-refractivity contribution in [1.82, 2.24) is 10.2 Å². The Morgan fingerprint density at radius 3 is 2.29 bits per heavy atom. The topological polar surface area (TPSA) is 69.6 Å². The molecule has 1 aliphatic rings. The Balaban J connectivity index is 2.59. The van der Waals surface area contributed by atoms with Crippen molar-refractivity contribution in [3.8, 4) is 0 Å². The first-order valence-corrected chi connectivity index (χ1v) is 6.07. The Bertz CT molecular complexity index is 309. The number of β-amino-alcohol motifs (C(OH)–C–C–N with tert-alkyl or cyclic N) is 1. The number of likely N-dealkylation sites (tertiary alicyclic amines) is 1. The molecule has 17 heavy (non-hydrogen) atoms. The zero-order chi connectivity index (χ0) is 13.2. The summed E-state index contributed by atoms with van der Waals surface area (Å²) in [5, 5.41) is 12.5. The van der Waals surface area contributed by atoms with Crippen LogP contribution in [0.1, 0.15) is 34.1 Å². The van der Waals surface area contributed by atoms with Crippen LogP contribution in [0.2, 0.25) is 0 Å². The molecule has 1 fully saturated rings. The molecule has 0 spiro atoms. The summed E-state index contributed by atoms with van der Waals surface area (Å²) in [6.07, 6.45) is 0.642. The zero-order valence-electron chi connectivity index (χ0n) is 11.0. The molecule has 1 heterocycles. The number of hydrogen-bond acceptors (Lipinski definition) is 3. The van der Waals surface area contributed by atoms with Crippen LogP contribution in [0.5, 0.6) is 0 Å². The van der Waals surface area contributed by atoms with E-state index in [0.29, 0.717) is 19.5 Å². The highest BCUT2D eigenvalue weighted by Crippen LogP contribution is 2.25. The maximum atomic E-state index is 12.1. The van der Waals surface area contributed by atoms with Gasteiger partial charge in [0.2, 0.25) is 11.8 Å². The molecule has 1 aliphatic heterocycles. The average Bonchev–Trinajstić information content (AvgIpc) is 2.19. The standard InChI is InChI=1S/C12H22N2O3/c1-5-12(17)6-14(7-12)11(16)10(8(2)3)13-9(4)15/h8,10,17H,5-7H2,1-4H3,(H,13,15). The van der Waals surface area contributed by atoms with Gasteiger partial charge in [-0.2, -0.15) is 0 Å². The van der Waals surface area contributed by atoms with Crippen molar-refractivity contribution >= 4 is 11.8 Å². The highest BCUT2D eigenvalue weighted by Gasteiger charge is 2.44. The van der Waals surface area contributed by atoms with E-state index in [0.717, 1.165) is 0 Å². The van der Waals surface area contributed by atoms with E-state index in [9.17, 15) is 14.7 Å². The van der Waals surface area contributed by atoms with E-state index in [2.05, 4.69) is 5.32 Å². The molecular formula is C12H22N2O3. The van der Waals surface area contributed by atoms with Crippen LogP contribution >= 0.6 is 0 Å². The zero-order valence-corrected chi connectivity index (χ0v) is 11.0. The van der Waals surface area contributed by atoms with Gasteiger partial charge in [0.25, 0.3) is 0 Å². The predicted molar refractivity (Wildman–Crippen MR) is 64.3 cm³/mol. The fourth-order valence-electron chi connectivity index (χ4n) is 1.97. The second-order valence-electron chi connectivity index (χ2n) is 5.19. The summed E-state index contributed by atoms with van der Waals surface area (Å²) in [5.74, 6) is -0.265. The smallest absolute Gasteiger partial charge is 0.245 e. The fraction of sp³-hybridized carbons (Fsp3) is 0.833. The number of amides is 2. The summed E-state index contributed by atoms with van der Waals surface area (Å²) < 4.78 is 0. The molecule has 98 valence electrons. The Kier molecular flexibility index (Phi) is 4.14. The first-order chi connectivity index (χ1) is 7.79. The second kappa shape index (κ2) is 5.04. The lowest BCUT2D eigenvalue weighted by molar-refractivity contribution is -0.159. The molecular weight excluding hydrogens is 220 g/mol. The number of nitrogens with one attached hydrogen (secondary N) is 1. The maximum absolute atomic E-state index is 12.1. The number of aliphatic hydroxyl groups is 1. The SMILES string of the molecule is CCC1(O)CN(C(=O)C(NC(C)=O)C(C)C)C1. The van der Waals surface area contributed by atoms with Crippen LogP contribution in [0.25, 0.3) is 0 Å². The van der Waals surface area contributed by atoms with E-state index in [-0.39, 0.29) is 17.7 Å². The fourth-order valence-corrected chi connectivity index (χ4v) is 1.97. The van der Waals surface area contributed by atoms with Gasteiger partial charge in [-0.15, -0.1) is 0 Å². The van der Waals surface area contributed by atoms with E-state index >= 15 is 0 Å². The van der Waals surface area contributed by atoms with Gasteiger partial charge in [-0.1, -0.05) is 20.8 Å². The number of hydrogen-bond donors (Lipinski definition) is 2. The molecule has 2 amide bonds. The van der Waals surface area contributed by atoms with Crippen molar-refractivity contribution in [2.24, 2.45) is 5.92 Å². The normalized spacial score (nSPS) is 19.8. The Labute approximate surface area is 102 Å². The van der Waals surface area contributed by atoms with Gasteiger partial charge in [0.05, 0.1) is 18.7 Å². The molecule has 0 aromatic heterocycles. The first-order valence-electron chi connectivity index (χ1n) is 6.07. The maximum Gasteiger partial charge on any atom is 0.245 e. The second-order valence-corrected chi connectivity index (χ2v) is 5.19.